The molecule has 162 valence electrons. The zero-order valence-corrected chi connectivity index (χ0v) is 18.1. The fourth-order valence-corrected chi connectivity index (χ4v) is 3.88. The Hall–Kier alpha value is -1.56. The van der Waals surface area contributed by atoms with E-state index in [9.17, 15) is 14.7 Å². The molecular formula is C22H40N2O4. The molecule has 2 aliphatic rings. The highest BCUT2D eigenvalue weighted by molar-refractivity contribution is 5.75. The lowest BCUT2D eigenvalue weighted by Crippen LogP contribution is -2.95. The second-order valence-corrected chi connectivity index (χ2v) is 9.01. The summed E-state index contributed by atoms with van der Waals surface area (Å²) in [7, 11) is 0. The summed E-state index contributed by atoms with van der Waals surface area (Å²) in [4.78, 5) is 22.8. The third kappa shape index (κ3) is 11.3. The summed E-state index contributed by atoms with van der Waals surface area (Å²) in [5.41, 5.74) is -0.650. The molecule has 0 aromatic carbocycles. The van der Waals surface area contributed by atoms with Gasteiger partial charge in [-0.2, -0.15) is 0 Å². The van der Waals surface area contributed by atoms with Crippen molar-refractivity contribution >= 4 is 12.1 Å². The largest absolute Gasteiger partial charge is 0.548 e. The maximum atomic E-state index is 11.4. The van der Waals surface area contributed by atoms with Crippen LogP contribution >= 0.6 is 0 Å². The first-order valence-electron chi connectivity index (χ1n) is 10.8. The summed E-state index contributed by atoms with van der Waals surface area (Å²) in [6.45, 7) is 8.15. The predicted octanol–water partition coefficient (Wildman–Crippen LogP) is 2.37. The Bertz CT molecular complexity index is 459. The van der Waals surface area contributed by atoms with Crippen LogP contribution < -0.4 is 10.4 Å². The molecule has 1 amide bonds. The van der Waals surface area contributed by atoms with Crippen molar-refractivity contribution in [1.29, 1.82) is 0 Å². The van der Waals surface area contributed by atoms with Crippen LogP contribution in [0.5, 0.6) is 0 Å². The SMILES string of the molecule is C1CCC([NH2+]C2CCCCC2)CC1.C=CCN(CC(=O)[O-])C(=O)OC(C)(C)C. The van der Waals surface area contributed by atoms with Crippen molar-refractivity contribution in [2.45, 2.75) is 103 Å². The molecule has 6 nitrogen and oxygen atoms in total. The van der Waals surface area contributed by atoms with E-state index in [1.54, 1.807) is 20.8 Å². The Kier molecular flexibility index (Phi) is 11.2. The number of hydrogen-bond acceptors (Lipinski definition) is 4. The number of nitrogens with two attached hydrogens (primary N) is 1. The first kappa shape index (κ1) is 24.5. The average molecular weight is 397 g/mol. The van der Waals surface area contributed by atoms with E-state index >= 15 is 0 Å². The van der Waals surface area contributed by atoms with Gasteiger partial charge < -0.3 is 20.0 Å². The van der Waals surface area contributed by atoms with Crippen molar-refractivity contribution in [3.8, 4) is 0 Å². The van der Waals surface area contributed by atoms with E-state index in [4.69, 9.17) is 4.74 Å². The van der Waals surface area contributed by atoms with E-state index in [1.165, 1.54) is 70.3 Å². The highest BCUT2D eigenvalue weighted by atomic mass is 16.6. The van der Waals surface area contributed by atoms with Crippen molar-refractivity contribution in [2.24, 2.45) is 0 Å². The molecule has 2 N–H and O–H groups in total. The fourth-order valence-electron chi connectivity index (χ4n) is 3.88. The van der Waals surface area contributed by atoms with Crippen molar-refractivity contribution in [1.82, 2.24) is 4.90 Å². The highest BCUT2D eigenvalue weighted by Crippen LogP contribution is 2.18. The molecule has 0 saturated heterocycles. The molecule has 0 aromatic heterocycles. The van der Waals surface area contributed by atoms with Crippen LogP contribution in [0.1, 0.15) is 85.0 Å². The molecule has 0 unspecified atom stereocenters. The van der Waals surface area contributed by atoms with Gasteiger partial charge in [0.05, 0.1) is 24.6 Å². The number of ether oxygens (including phenoxy) is 1. The van der Waals surface area contributed by atoms with Crippen molar-refractivity contribution < 1.29 is 24.7 Å². The van der Waals surface area contributed by atoms with E-state index in [2.05, 4.69) is 11.9 Å². The van der Waals surface area contributed by atoms with E-state index in [-0.39, 0.29) is 6.54 Å². The van der Waals surface area contributed by atoms with Crippen LogP contribution in [0.2, 0.25) is 0 Å². The van der Waals surface area contributed by atoms with Crippen LogP contribution in [-0.4, -0.2) is 47.7 Å². The van der Waals surface area contributed by atoms with Crippen LogP contribution in [0.4, 0.5) is 4.79 Å². The van der Waals surface area contributed by atoms with Gasteiger partial charge in [0.1, 0.15) is 5.60 Å². The number of rotatable bonds is 6. The summed E-state index contributed by atoms with van der Waals surface area (Å²) in [5, 5.41) is 13.1. The molecule has 28 heavy (non-hydrogen) atoms. The Labute approximate surface area is 170 Å². The van der Waals surface area contributed by atoms with Gasteiger partial charge in [-0.15, -0.1) is 6.58 Å². The minimum absolute atomic E-state index is 0.114. The van der Waals surface area contributed by atoms with Gasteiger partial charge in [-0.25, -0.2) is 4.79 Å². The number of nitrogens with zero attached hydrogens (tertiary/aromatic N) is 1. The highest BCUT2D eigenvalue weighted by Gasteiger charge is 2.23. The first-order chi connectivity index (χ1) is 13.2. The molecule has 2 rings (SSSR count). The topological polar surface area (TPSA) is 86.3 Å². The summed E-state index contributed by atoms with van der Waals surface area (Å²) >= 11 is 0. The lowest BCUT2D eigenvalue weighted by atomic mass is 9.91. The van der Waals surface area contributed by atoms with Gasteiger partial charge in [0.15, 0.2) is 0 Å². The Balaban J connectivity index is 0.000000281. The molecule has 6 heteroatoms. The second kappa shape index (κ2) is 12.8. The zero-order valence-electron chi connectivity index (χ0n) is 18.1. The predicted molar refractivity (Wildman–Crippen MR) is 109 cm³/mol. The number of quaternary nitrogens is 1. The van der Waals surface area contributed by atoms with E-state index in [0.717, 1.165) is 17.0 Å². The maximum absolute atomic E-state index is 11.4. The molecule has 2 saturated carbocycles. The summed E-state index contributed by atoms with van der Waals surface area (Å²) < 4.78 is 5.00. The third-order valence-corrected chi connectivity index (χ3v) is 5.17. The van der Waals surface area contributed by atoms with Gasteiger partial charge in [-0.05, 0) is 72.1 Å². The lowest BCUT2D eigenvalue weighted by Gasteiger charge is -2.27. The van der Waals surface area contributed by atoms with Crippen LogP contribution in [0.3, 0.4) is 0 Å². The van der Waals surface area contributed by atoms with E-state index in [1.807, 2.05) is 0 Å². The quantitative estimate of drug-likeness (QED) is 0.699. The van der Waals surface area contributed by atoms with Crippen molar-refractivity contribution in [3.05, 3.63) is 12.7 Å². The standard InChI is InChI=1S/C12H23N.C10H17NO4/c1-3-7-11(8-4-1)13-12-9-5-2-6-10-12;1-5-6-11(7-8(12)13)9(14)15-10(2,3)4/h11-13H,1-10H2;5H,1,6-7H2,2-4H3,(H,12,13). The third-order valence-electron chi connectivity index (χ3n) is 5.17. The molecule has 0 spiro atoms. The summed E-state index contributed by atoms with van der Waals surface area (Å²) in [6, 6.07) is 1.99. The maximum Gasteiger partial charge on any atom is 0.410 e. The van der Waals surface area contributed by atoms with Gasteiger partial charge >= 0.3 is 6.09 Å². The summed E-state index contributed by atoms with van der Waals surface area (Å²) in [5.74, 6) is -1.33. The normalized spacial score (nSPS) is 18.5. The Morgan fingerprint density at radius 1 is 1.04 bits per heavy atom. The molecule has 0 aromatic rings. The second-order valence-electron chi connectivity index (χ2n) is 9.01. The smallest absolute Gasteiger partial charge is 0.410 e. The molecule has 2 aliphatic carbocycles. The van der Waals surface area contributed by atoms with E-state index < -0.39 is 24.2 Å². The minimum atomic E-state index is -1.33. The van der Waals surface area contributed by atoms with Gasteiger partial charge in [0.25, 0.3) is 0 Å². The fraction of sp³-hybridized carbons (Fsp3) is 0.818. The molecule has 0 bridgehead atoms. The lowest BCUT2D eigenvalue weighted by molar-refractivity contribution is -0.725. The molecule has 2 fully saturated rings. The number of carbonyl (C=O) groups is 2. The van der Waals surface area contributed by atoms with Crippen molar-refractivity contribution in [3.63, 3.8) is 0 Å². The summed E-state index contributed by atoms with van der Waals surface area (Å²) in [6.07, 6.45) is 15.7. The molecule has 0 aliphatic heterocycles. The molecule has 0 atom stereocenters. The number of carboxylic acids is 1. The van der Waals surface area contributed by atoms with Crippen LogP contribution in [0.25, 0.3) is 0 Å². The number of carboxylic acid groups (broad SMARTS) is 1. The van der Waals surface area contributed by atoms with Crippen LogP contribution in [-0.2, 0) is 9.53 Å². The Morgan fingerprint density at radius 3 is 1.86 bits per heavy atom. The zero-order chi connectivity index (χ0) is 21.0. The van der Waals surface area contributed by atoms with Gasteiger partial charge in [0.2, 0.25) is 0 Å². The van der Waals surface area contributed by atoms with Crippen molar-refractivity contribution in [2.75, 3.05) is 13.1 Å². The average Bonchev–Trinajstić information content (AvgIpc) is 2.62. The number of carbonyl (C=O) groups excluding carboxylic acids is 2. The van der Waals surface area contributed by atoms with Gasteiger partial charge in [0, 0.05) is 6.54 Å². The van der Waals surface area contributed by atoms with Crippen LogP contribution in [0, 0.1) is 0 Å². The number of amides is 1. The molecule has 0 radical (unpaired) electrons. The van der Waals surface area contributed by atoms with Gasteiger partial charge in [-0.3, -0.25) is 4.90 Å². The first-order valence-corrected chi connectivity index (χ1v) is 10.8. The monoisotopic (exact) mass is 396 g/mol. The number of aliphatic carboxylic acids is 1. The van der Waals surface area contributed by atoms with Gasteiger partial charge in [-0.1, -0.05) is 18.9 Å². The van der Waals surface area contributed by atoms with E-state index in [0.29, 0.717) is 0 Å². The number of hydrogen-bond donors (Lipinski definition) is 1. The minimum Gasteiger partial charge on any atom is -0.548 e. The Morgan fingerprint density at radius 2 is 1.50 bits per heavy atom. The van der Waals surface area contributed by atoms with Crippen LogP contribution in [0.15, 0.2) is 12.7 Å². The molecule has 0 heterocycles. The molecular weight excluding hydrogens is 356 g/mol.